The fourth-order valence-corrected chi connectivity index (χ4v) is 3.60. The molecule has 2 nitrogen and oxygen atoms in total. The highest BCUT2D eigenvalue weighted by atomic mass is 16.7. The summed E-state index contributed by atoms with van der Waals surface area (Å²) in [4.78, 5) is 0. The molecule has 0 radical (unpaired) electrons. The van der Waals surface area contributed by atoms with Crippen molar-refractivity contribution in [2.75, 3.05) is 13.2 Å². The normalized spacial score (nSPS) is 19.5. The Kier molecular flexibility index (Phi) is 15.0. The maximum Gasteiger partial charge on any atom is 0.157 e. The van der Waals surface area contributed by atoms with Gasteiger partial charge < -0.3 is 9.47 Å². The van der Waals surface area contributed by atoms with E-state index in [0.717, 1.165) is 25.6 Å². The Morgan fingerprint density at radius 1 is 0.833 bits per heavy atom. The van der Waals surface area contributed by atoms with E-state index in [1.165, 1.54) is 96.3 Å². The van der Waals surface area contributed by atoms with E-state index in [1.54, 1.807) is 0 Å². The van der Waals surface area contributed by atoms with E-state index in [0.29, 0.717) is 0 Å². The van der Waals surface area contributed by atoms with Gasteiger partial charge in [0.25, 0.3) is 0 Å². The molecule has 0 aromatic heterocycles. The van der Waals surface area contributed by atoms with E-state index in [-0.39, 0.29) is 6.29 Å². The molecule has 0 aromatic carbocycles. The van der Waals surface area contributed by atoms with Crippen LogP contribution in [0.15, 0.2) is 0 Å². The third-order valence-electron chi connectivity index (χ3n) is 5.33. The highest BCUT2D eigenvalue weighted by Gasteiger charge is 2.13. The first kappa shape index (κ1) is 22.0. The van der Waals surface area contributed by atoms with Gasteiger partial charge in [-0.1, -0.05) is 90.9 Å². The van der Waals surface area contributed by atoms with Crippen molar-refractivity contribution >= 4 is 0 Å². The lowest BCUT2D eigenvalue weighted by molar-refractivity contribution is -0.162. The van der Waals surface area contributed by atoms with E-state index < -0.39 is 0 Å². The smallest absolute Gasteiger partial charge is 0.157 e. The lowest BCUT2D eigenvalue weighted by Gasteiger charge is -2.22. The Hall–Kier alpha value is -0.0800. The molecule has 2 atom stereocenters. The zero-order chi connectivity index (χ0) is 17.3. The Labute approximate surface area is 152 Å². The van der Waals surface area contributed by atoms with Gasteiger partial charge in [-0.2, -0.15) is 0 Å². The maximum atomic E-state index is 5.78. The third kappa shape index (κ3) is 13.2. The van der Waals surface area contributed by atoms with Gasteiger partial charge in [0.1, 0.15) is 0 Å². The van der Waals surface area contributed by atoms with Crippen LogP contribution in [0.1, 0.15) is 117 Å². The number of hydrogen-bond acceptors (Lipinski definition) is 2. The van der Waals surface area contributed by atoms with Gasteiger partial charge in [-0.05, 0) is 31.6 Å². The van der Waals surface area contributed by atoms with Gasteiger partial charge in [-0.3, -0.25) is 0 Å². The largest absolute Gasteiger partial charge is 0.353 e. The second-order valence-electron chi connectivity index (χ2n) is 7.88. The Balaban J connectivity index is 1.74. The Bertz CT molecular complexity index is 248. The van der Waals surface area contributed by atoms with Crippen LogP contribution in [0.5, 0.6) is 0 Å². The molecule has 0 spiro atoms. The Morgan fingerprint density at radius 2 is 1.46 bits per heavy atom. The zero-order valence-corrected chi connectivity index (χ0v) is 16.7. The fraction of sp³-hybridized carbons (Fsp3) is 1.00. The molecule has 1 aliphatic heterocycles. The van der Waals surface area contributed by atoms with Crippen LogP contribution in [-0.2, 0) is 9.47 Å². The molecule has 24 heavy (non-hydrogen) atoms. The molecular formula is C22H44O2. The van der Waals surface area contributed by atoms with Crippen LogP contribution >= 0.6 is 0 Å². The molecular weight excluding hydrogens is 296 g/mol. The van der Waals surface area contributed by atoms with Crippen molar-refractivity contribution in [3.05, 3.63) is 0 Å². The topological polar surface area (TPSA) is 18.5 Å². The van der Waals surface area contributed by atoms with Gasteiger partial charge in [0, 0.05) is 13.2 Å². The molecule has 144 valence electrons. The summed E-state index contributed by atoms with van der Waals surface area (Å²) in [5, 5.41) is 0. The molecule has 1 saturated heterocycles. The summed E-state index contributed by atoms with van der Waals surface area (Å²) in [7, 11) is 0. The lowest BCUT2D eigenvalue weighted by atomic mass is 9.96. The monoisotopic (exact) mass is 340 g/mol. The predicted octanol–water partition coefficient (Wildman–Crippen LogP) is 7.26. The van der Waals surface area contributed by atoms with Crippen LogP contribution in [0, 0.1) is 5.92 Å². The Morgan fingerprint density at radius 3 is 2.08 bits per heavy atom. The highest BCUT2D eigenvalue weighted by Crippen LogP contribution is 2.18. The molecule has 0 aliphatic carbocycles. The quantitative estimate of drug-likeness (QED) is 0.275. The molecule has 1 rings (SSSR count). The molecule has 0 aromatic rings. The van der Waals surface area contributed by atoms with Crippen LogP contribution in [0.3, 0.4) is 0 Å². The van der Waals surface area contributed by atoms with Crippen molar-refractivity contribution in [3.63, 3.8) is 0 Å². The summed E-state index contributed by atoms with van der Waals surface area (Å²) in [6.07, 6.45) is 21.8. The first-order valence-electron chi connectivity index (χ1n) is 11.1. The van der Waals surface area contributed by atoms with Crippen LogP contribution in [0.4, 0.5) is 0 Å². The van der Waals surface area contributed by atoms with Gasteiger partial charge in [0.15, 0.2) is 6.29 Å². The molecule has 0 bridgehead atoms. The molecule has 1 aliphatic rings. The summed E-state index contributed by atoms with van der Waals surface area (Å²) in [5.74, 6) is 0.945. The minimum atomic E-state index is 0.0997. The number of ether oxygens (including phenoxy) is 2. The molecule has 1 unspecified atom stereocenters. The molecule has 2 heteroatoms. The molecule has 1 heterocycles. The second-order valence-corrected chi connectivity index (χ2v) is 7.88. The number of rotatable bonds is 16. The van der Waals surface area contributed by atoms with E-state index >= 15 is 0 Å². The minimum absolute atomic E-state index is 0.0997. The third-order valence-corrected chi connectivity index (χ3v) is 5.33. The van der Waals surface area contributed by atoms with Gasteiger partial charge in [-0.25, -0.2) is 0 Å². The van der Waals surface area contributed by atoms with Crippen molar-refractivity contribution in [3.8, 4) is 0 Å². The van der Waals surface area contributed by atoms with Gasteiger partial charge in [0.2, 0.25) is 0 Å². The number of hydrogen-bond donors (Lipinski definition) is 0. The minimum Gasteiger partial charge on any atom is -0.353 e. The first-order chi connectivity index (χ1) is 11.8. The van der Waals surface area contributed by atoms with Crippen molar-refractivity contribution in [1.29, 1.82) is 0 Å². The molecule has 1 fully saturated rings. The lowest BCUT2D eigenvalue weighted by Crippen LogP contribution is -2.22. The van der Waals surface area contributed by atoms with Crippen molar-refractivity contribution in [1.82, 2.24) is 0 Å². The maximum absolute atomic E-state index is 5.78. The predicted molar refractivity (Wildman–Crippen MR) is 104 cm³/mol. The summed E-state index contributed by atoms with van der Waals surface area (Å²) >= 11 is 0. The van der Waals surface area contributed by atoms with Crippen molar-refractivity contribution in [2.45, 2.75) is 123 Å². The van der Waals surface area contributed by atoms with E-state index in [9.17, 15) is 0 Å². The first-order valence-corrected chi connectivity index (χ1v) is 11.1. The number of unbranched alkanes of at least 4 members (excludes halogenated alkanes) is 9. The fourth-order valence-electron chi connectivity index (χ4n) is 3.60. The molecule has 0 amide bonds. The van der Waals surface area contributed by atoms with E-state index in [4.69, 9.17) is 9.47 Å². The summed E-state index contributed by atoms with van der Waals surface area (Å²) in [6, 6.07) is 0. The van der Waals surface area contributed by atoms with Crippen molar-refractivity contribution in [2.24, 2.45) is 5.92 Å². The molecule has 0 saturated carbocycles. The van der Waals surface area contributed by atoms with Gasteiger partial charge in [0.05, 0.1) is 0 Å². The van der Waals surface area contributed by atoms with Crippen LogP contribution in [0.25, 0.3) is 0 Å². The zero-order valence-electron chi connectivity index (χ0n) is 16.7. The molecule has 0 N–H and O–H groups in total. The van der Waals surface area contributed by atoms with Gasteiger partial charge >= 0.3 is 0 Å². The highest BCUT2D eigenvalue weighted by molar-refractivity contribution is 4.56. The van der Waals surface area contributed by atoms with Crippen molar-refractivity contribution < 1.29 is 9.47 Å². The standard InChI is InChI=1S/C22H44O2/c1-3-4-5-11-16-21(2)17-12-9-7-6-8-10-14-19-23-22-18-13-15-20-24-22/h21-22H,3-20H2,1-2H3/t21-,22?/m0/s1. The summed E-state index contributed by atoms with van der Waals surface area (Å²) in [6.45, 7) is 6.52. The summed E-state index contributed by atoms with van der Waals surface area (Å²) < 4.78 is 11.4. The second kappa shape index (κ2) is 16.4. The average molecular weight is 341 g/mol. The van der Waals surface area contributed by atoms with Crippen LogP contribution < -0.4 is 0 Å². The average Bonchev–Trinajstić information content (AvgIpc) is 2.61. The summed E-state index contributed by atoms with van der Waals surface area (Å²) in [5.41, 5.74) is 0. The van der Waals surface area contributed by atoms with E-state index in [1.807, 2.05) is 0 Å². The van der Waals surface area contributed by atoms with Gasteiger partial charge in [-0.15, -0.1) is 0 Å². The van der Waals surface area contributed by atoms with E-state index in [2.05, 4.69) is 13.8 Å². The van der Waals surface area contributed by atoms with Crippen LogP contribution in [-0.4, -0.2) is 19.5 Å². The van der Waals surface area contributed by atoms with Crippen LogP contribution in [0.2, 0.25) is 0 Å². The SMILES string of the molecule is CCCCCC[C@H](C)CCCCCCCCCOC1CCCCO1.